The molecule has 2 aromatic rings. The molecule has 2 aromatic heterocycles. The van der Waals surface area contributed by atoms with Crippen molar-refractivity contribution >= 4 is 17.1 Å². The summed E-state index contributed by atoms with van der Waals surface area (Å²) >= 11 is 0. The second-order valence-corrected chi connectivity index (χ2v) is 3.22. The van der Waals surface area contributed by atoms with Crippen molar-refractivity contribution in [1.82, 2.24) is 4.98 Å². The van der Waals surface area contributed by atoms with E-state index in [0.29, 0.717) is 0 Å². The van der Waals surface area contributed by atoms with Crippen molar-refractivity contribution in [2.75, 3.05) is 6.61 Å². The van der Waals surface area contributed by atoms with Crippen molar-refractivity contribution in [3.63, 3.8) is 0 Å². The van der Waals surface area contributed by atoms with Gasteiger partial charge in [0.1, 0.15) is 28.8 Å². The van der Waals surface area contributed by atoms with Gasteiger partial charge in [0.25, 0.3) is 0 Å². The average Bonchev–Trinajstić information content (AvgIpc) is 2.73. The van der Waals surface area contributed by atoms with Crippen molar-refractivity contribution < 1.29 is 13.9 Å². The van der Waals surface area contributed by atoms with Gasteiger partial charge in [0.2, 0.25) is 11.1 Å². The summed E-state index contributed by atoms with van der Waals surface area (Å²) in [7, 11) is 0. The number of pyridine rings is 1. The van der Waals surface area contributed by atoms with Crippen LogP contribution in [0.1, 0.15) is 22.8 Å². The van der Waals surface area contributed by atoms with Crippen molar-refractivity contribution in [3.8, 4) is 6.07 Å². The summed E-state index contributed by atoms with van der Waals surface area (Å²) < 4.78 is 9.72. The van der Waals surface area contributed by atoms with Crippen molar-refractivity contribution in [2.24, 2.45) is 0 Å². The third-order valence-electron chi connectivity index (χ3n) is 2.23. The lowest BCUT2D eigenvalue weighted by atomic mass is 10.1. The maximum atomic E-state index is 12.0. The van der Waals surface area contributed by atoms with Crippen LogP contribution in [0.4, 0.5) is 0 Å². The number of hydrogen-bond donors (Lipinski definition) is 1. The first kappa shape index (κ1) is 11.0. The van der Waals surface area contributed by atoms with E-state index in [2.05, 4.69) is 4.98 Å². The molecule has 0 saturated carbocycles. The zero-order chi connectivity index (χ0) is 12.4. The second kappa shape index (κ2) is 4.14. The van der Waals surface area contributed by atoms with Gasteiger partial charge in [0.05, 0.1) is 6.61 Å². The molecule has 0 fully saturated rings. The summed E-state index contributed by atoms with van der Waals surface area (Å²) in [5.74, 6) is -0.722. The highest BCUT2D eigenvalue weighted by Gasteiger charge is 2.18. The van der Waals surface area contributed by atoms with E-state index in [1.165, 1.54) is 6.20 Å². The van der Waals surface area contributed by atoms with Gasteiger partial charge in [-0.25, -0.2) is 4.79 Å². The first-order valence-corrected chi connectivity index (χ1v) is 4.89. The molecule has 0 amide bonds. The zero-order valence-corrected chi connectivity index (χ0v) is 8.94. The molecule has 0 saturated heterocycles. The van der Waals surface area contributed by atoms with Crippen LogP contribution in [0.5, 0.6) is 0 Å². The molecule has 0 aliphatic carbocycles. The molecular formula is C11H8N2O4. The van der Waals surface area contributed by atoms with Crippen LogP contribution in [0.25, 0.3) is 11.1 Å². The number of esters is 1. The van der Waals surface area contributed by atoms with Crippen LogP contribution < -0.4 is 5.43 Å². The Morgan fingerprint density at radius 2 is 2.41 bits per heavy atom. The maximum absolute atomic E-state index is 12.0. The summed E-state index contributed by atoms with van der Waals surface area (Å²) in [6.07, 6.45) is 2.38. The number of aromatic nitrogens is 1. The second-order valence-electron chi connectivity index (χ2n) is 3.22. The number of carbonyl (C=O) groups excluding carboxylic acids is 1. The molecule has 0 aliphatic heterocycles. The van der Waals surface area contributed by atoms with Crippen LogP contribution in [0.3, 0.4) is 0 Å². The van der Waals surface area contributed by atoms with Gasteiger partial charge in [0.15, 0.2) is 0 Å². The number of furan rings is 1. The number of fused-ring (bicyclic) bond motifs is 1. The number of aromatic amines is 1. The van der Waals surface area contributed by atoms with Gasteiger partial charge in [-0.15, -0.1) is 0 Å². The van der Waals surface area contributed by atoms with E-state index in [0.717, 1.165) is 6.26 Å². The van der Waals surface area contributed by atoms with E-state index in [1.54, 1.807) is 6.92 Å². The third kappa shape index (κ3) is 1.67. The molecular weight excluding hydrogens is 224 g/mol. The fourth-order valence-corrected chi connectivity index (χ4v) is 1.47. The molecule has 1 N–H and O–H groups in total. The lowest BCUT2D eigenvalue weighted by molar-refractivity contribution is 0.0524. The largest absolute Gasteiger partial charge is 0.462 e. The highest BCUT2D eigenvalue weighted by Crippen LogP contribution is 2.15. The van der Waals surface area contributed by atoms with Gasteiger partial charge in [-0.3, -0.25) is 4.79 Å². The van der Waals surface area contributed by atoms with Crippen molar-refractivity contribution in [1.29, 1.82) is 5.26 Å². The Labute approximate surface area is 95.4 Å². The Morgan fingerprint density at radius 1 is 1.65 bits per heavy atom. The molecule has 86 valence electrons. The third-order valence-corrected chi connectivity index (χ3v) is 2.23. The van der Waals surface area contributed by atoms with Gasteiger partial charge in [-0.1, -0.05) is 0 Å². The number of H-pyrrole nitrogens is 1. The predicted octanol–water partition coefficient (Wildman–Crippen LogP) is 1.17. The number of nitrogens with one attached hydrogen (secondary N) is 1. The first-order valence-electron chi connectivity index (χ1n) is 4.89. The van der Waals surface area contributed by atoms with Gasteiger partial charge in [0, 0.05) is 6.20 Å². The van der Waals surface area contributed by atoms with Crippen LogP contribution in [-0.2, 0) is 4.74 Å². The SMILES string of the molecule is CCOC(=O)c1c[nH]c2occ(C#N)c2c1=O. The summed E-state index contributed by atoms with van der Waals surface area (Å²) in [4.78, 5) is 26.1. The van der Waals surface area contributed by atoms with Crippen LogP contribution in [-0.4, -0.2) is 17.6 Å². The predicted molar refractivity (Wildman–Crippen MR) is 57.5 cm³/mol. The minimum Gasteiger partial charge on any atom is -0.462 e. The number of hydrogen-bond acceptors (Lipinski definition) is 5. The number of carbonyl (C=O) groups is 1. The molecule has 0 bridgehead atoms. The number of ether oxygens (including phenoxy) is 1. The highest BCUT2D eigenvalue weighted by atomic mass is 16.5. The van der Waals surface area contributed by atoms with E-state index < -0.39 is 11.4 Å². The lowest BCUT2D eigenvalue weighted by Crippen LogP contribution is -2.18. The molecule has 0 unspecified atom stereocenters. The molecule has 2 heterocycles. The van der Waals surface area contributed by atoms with Gasteiger partial charge >= 0.3 is 5.97 Å². The minimum absolute atomic E-state index is 0.0676. The van der Waals surface area contributed by atoms with Crippen LogP contribution in [0, 0.1) is 11.3 Å². The Hall–Kier alpha value is -2.55. The fraction of sp³-hybridized carbons (Fsp3) is 0.182. The van der Waals surface area contributed by atoms with Crippen LogP contribution in [0.15, 0.2) is 21.7 Å². The Balaban J connectivity index is 2.69. The lowest BCUT2D eigenvalue weighted by Gasteiger charge is -2.00. The topological polar surface area (TPSA) is 96.1 Å². The zero-order valence-electron chi connectivity index (χ0n) is 8.94. The number of rotatable bonds is 2. The van der Waals surface area contributed by atoms with Crippen LogP contribution in [0.2, 0.25) is 0 Å². The Morgan fingerprint density at radius 3 is 3.06 bits per heavy atom. The molecule has 17 heavy (non-hydrogen) atoms. The van der Waals surface area contributed by atoms with E-state index in [-0.39, 0.29) is 28.8 Å². The smallest absolute Gasteiger partial charge is 0.343 e. The van der Waals surface area contributed by atoms with Gasteiger partial charge in [-0.2, -0.15) is 5.26 Å². The Kier molecular flexibility index (Phi) is 2.66. The summed E-state index contributed by atoms with van der Waals surface area (Å²) in [6, 6.07) is 1.82. The average molecular weight is 232 g/mol. The fourth-order valence-electron chi connectivity index (χ4n) is 1.47. The molecule has 0 radical (unpaired) electrons. The van der Waals surface area contributed by atoms with Crippen LogP contribution >= 0.6 is 0 Å². The molecule has 0 aliphatic rings. The first-order chi connectivity index (χ1) is 8.19. The van der Waals surface area contributed by atoms with Crippen molar-refractivity contribution in [3.05, 3.63) is 33.8 Å². The van der Waals surface area contributed by atoms with E-state index in [9.17, 15) is 9.59 Å². The highest BCUT2D eigenvalue weighted by molar-refractivity contribution is 5.93. The van der Waals surface area contributed by atoms with E-state index >= 15 is 0 Å². The monoisotopic (exact) mass is 232 g/mol. The van der Waals surface area contributed by atoms with Gasteiger partial charge in [-0.05, 0) is 6.92 Å². The van der Waals surface area contributed by atoms with E-state index in [4.69, 9.17) is 14.4 Å². The molecule has 0 spiro atoms. The molecule has 0 atom stereocenters. The number of nitriles is 1. The molecule has 6 nitrogen and oxygen atoms in total. The number of nitrogens with zero attached hydrogens (tertiary/aromatic N) is 1. The Bertz CT molecular complexity index is 675. The minimum atomic E-state index is -0.722. The summed E-state index contributed by atoms with van der Waals surface area (Å²) in [5, 5.41) is 8.87. The van der Waals surface area contributed by atoms with Crippen molar-refractivity contribution in [2.45, 2.75) is 6.92 Å². The summed E-state index contributed by atoms with van der Waals surface area (Å²) in [5.41, 5.74) is -0.452. The quantitative estimate of drug-likeness (QED) is 0.784. The van der Waals surface area contributed by atoms with Gasteiger partial charge < -0.3 is 14.1 Å². The standard InChI is InChI=1S/C11H8N2O4/c1-2-16-11(15)7-4-13-10-8(9(7)14)6(3-12)5-17-10/h4-5H,2H2,1H3,(H,13,14). The molecule has 0 aromatic carbocycles. The van der Waals surface area contributed by atoms with E-state index in [1.807, 2.05) is 6.07 Å². The molecule has 6 heteroatoms. The maximum Gasteiger partial charge on any atom is 0.343 e. The molecule has 2 rings (SSSR count). The normalized spacial score (nSPS) is 10.1. The summed E-state index contributed by atoms with van der Waals surface area (Å²) in [6.45, 7) is 1.82.